The van der Waals surface area contributed by atoms with Crippen LogP contribution in [0.15, 0.2) is 52.3 Å². The maximum atomic E-state index is 5.64. The van der Waals surface area contributed by atoms with Gasteiger partial charge in [0.05, 0.1) is 0 Å². The molecule has 0 aromatic heterocycles. The average molecular weight is 299 g/mol. The Morgan fingerprint density at radius 2 is 1.57 bits per heavy atom. The topological polar surface area (TPSA) is 26.0 Å². The predicted octanol–water partition coefficient (Wildman–Crippen LogP) is 4.94. The third kappa shape index (κ3) is 4.36. The molecule has 0 radical (unpaired) electrons. The second kappa shape index (κ2) is 6.67. The van der Waals surface area contributed by atoms with E-state index in [9.17, 15) is 0 Å². The molecule has 0 fully saturated rings. The van der Waals surface area contributed by atoms with Crippen LogP contribution in [0.3, 0.4) is 0 Å². The van der Waals surface area contributed by atoms with Gasteiger partial charge in [0.2, 0.25) is 0 Å². The van der Waals surface area contributed by atoms with Crippen molar-refractivity contribution >= 4 is 11.8 Å². The number of hydrogen-bond donors (Lipinski definition) is 1. The summed E-state index contributed by atoms with van der Waals surface area (Å²) in [6, 6.07) is 15.6. The van der Waals surface area contributed by atoms with E-state index in [0.717, 1.165) is 6.42 Å². The predicted molar refractivity (Wildman–Crippen MR) is 93.2 cm³/mol. The van der Waals surface area contributed by atoms with Crippen LogP contribution in [0.4, 0.5) is 0 Å². The van der Waals surface area contributed by atoms with Crippen LogP contribution in [0.1, 0.15) is 37.5 Å². The van der Waals surface area contributed by atoms with E-state index in [1.54, 1.807) is 0 Å². The van der Waals surface area contributed by atoms with Gasteiger partial charge in [0, 0.05) is 9.79 Å². The molecule has 0 atom stereocenters. The molecule has 0 bridgehead atoms. The Morgan fingerprint density at radius 3 is 2.10 bits per heavy atom. The van der Waals surface area contributed by atoms with Gasteiger partial charge < -0.3 is 5.73 Å². The van der Waals surface area contributed by atoms with Crippen molar-refractivity contribution in [1.82, 2.24) is 0 Å². The molecule has 0 aliphatic carbocycles. The number of rotatable bonds is 4. The Labute approximate surface area is 133 Å². The molecule has 2 N–H and O–H groups in total. The fraction of sp³-hybridized carbons (Fsp3) is 0.368. The van der Waals surface area contributed by atoms with Crippen molar-refractivity contribution in [2.45, 2.75) is 49.3 Å². The Balaban J connectivity index is 2.13. The van der Waals surface area contributed by atoms with Crippen molar-refractivity contribution < 1.29 is 0 Å². The molecule has 112 valence electrons. The largest absolute Gasteiger partial charge is 0.330 e. The lowest BCUT2D eigenvalue weighted by Crippen LogP contribution is -2.10. The second-order valence-electron chi connectivity index (χ2n) is 6.50. The minimum Gasteiger partial charge on any atom is -0.330 e. The van der Waals surface area contributed by atoms with Gasteiger partial charge in [-0.3, -0.25) is 0 Å². The third-order valence-electron chi connectivity index (χ3n) is 3.68. The molecule has 0 aliphatic rings. The van der Waals surface area contributed by atoms with Gasteiger partial charge in [-0.25, -0.2) is 0 Å². The molecular formula is C19H25NS. The molecular weight excluding hydrogens is 274 g/mol. The molecule has 0 heterocycles. The Bertz CT molecular complexity index is 594. The molecule has 0 saturated heterocycles. The minimum atomic E-state index is 0.212. The summed E-state index contributed by atoms with van der Waals surface area (Å²) in [5.74, 6) is 0. The zero-order chi connectivity index (χ0) is 15.5. The summed E-state index contributed by atoms with van der Waals surface area (Å²) in [6.45, 7) is 9.61. The highest BCUT2D eigenvalue weighted by molar-refractivity contribution is 7.99. The summed E-state index contributed by atoms with van der Waals surface area (Å²) in [6.07, 6.45) is 0.955. The van der Waals surface area contributed by atoms with E-state index < -0.39 is 0 Å². The summed E-state index contributed by atoms with van der Waals surface area (Å²) in [5.41, 5.74) is 9.91. The van der Waals surface area contributed by atoms with Gasteiger partial charge in [0.15, 0.2) is 0 Å². The third-order valence-corrected chi connectivity index (χ3v) is 4.68. The van der Waals surface area contributed by atoms with Crippen LogP contribution in [-0.4, -0.2) is 6.54 Å². The van der Waals surface area contributed by atoms with E-state index in [0.29, 0.717) is 6.54 Å². The van der Waals surface area contributed by atoms with Crippen molar-refractivity contribution in [2.24, 2.45) is 5.73 Å². The smallest absolute Gasteiger partial charge is 0.0125 e. The number of aryl methyl sites for hydroxylation is 1. The van der Waals surface area contributed by atoms with Gasteiger partial charge >= 0.3 is 0 Å². The lowest BCUT2D eigenvalue weighted by Gasteiger charge is -2.19. The van der Waals surface area contributed by atoms with Crippen molar-refractivity contribution in [3.05, 3.63) is 59.2 Å². The van der Waals surface area contributed by atoms with Gasteiger partial charge in [-0.15, -0.1) is 0 Å². The van der Waals surface area contributed by atoms with Crippen molar-refractivity contribution in [1.29, 1.82) is 0 Å². The van der Waals surface area contributed by atoms with Crippen molar-refractivity contribution in [2.75, 3.05) is 6.54 Å². The monoisotopic (exact) mass is 299 g/mol. The van der Waals surface area contributed by atoms with Gasteiger partial charge in [-0.05, 0) is 66.3 Å². The number of benzene rings is 2. The van der Waals surface area contributed by atoms with Gasteiger partial charge in [0.1, 0.15) is 0 Å². The normalized spacial score (nSPS) is 11.7. The van der Waals surface area contributed by atoms with E-state index in [1.807, 2.05) is 11.8 Å². The zero-order valence-corrected chi connectivity index (χ0v) is 14.3. The number of nitrogens with two attached hydrogens (primary N) is 1. The van der Waals surface area contributed by atoms with Gasteiger partial charge in [-0.2, -0.15) is 0 Å². The van der Waals surface area contributed by atoms with Crippen LogP contribution in [0.25, 0.3) is 0 Å². The lowest BCUT2D eigenvalue weighted by molar-refractivity contribution is 0.590. The van der Waals surface area contributed by atoms with Crippen LogP contribution in [0.5, 0.6) is 0 Å². The molecule has 2 rings (SSSR count). The van der Waals surface area contributed by atoms with Crippen LogP contribution in [0.2, 0.25) is 0 Å². The van der Waals surface area contributed by atoms with E-state index in [4.69, 9.17) is 5.73 Å². The van der Waals surface area contributed by atoms with Crippen LogP contribution < -0.4 is 5.73 Å². The van der Waals surface area contributed by atoms with Crippen LogP contribution in [-0.2, 0) is 11.8 Å². The summed E-state index contributed by atoms with van der Waals surface area (Å²) in [7, 11) is 0. The van der Waals surface area contributed by atoms with E-state index in [-0.39, 0.29) is 5.41 Å². The standard InChI is InChI=1S/C19H25NS/c1-14-13-18(8-5-15(14)11-12-20)21-17-9-6-16(7-10-17)19(2,3)4/h5-10,13H,11-12,20H2,1-4H3. The molecule has 0 unspecified atom stereocenters. The fourth-order valence-electron chi connectivity index (χ4n) is 2.33. The maximum absolute atomic E-state index is 5.64. The first-order chi connectivity index (χ1) is 9.90. The molecule has 0 spiro atoms. The Kier molecular flexibility index (Phi) is 5.13. The summed E-state index contributed by atoms with van der Waals surface area (Å²) in [4.78, 5) is 2.57. The molecule has 21 heavy (non-hydrogen) atoms. The lowest BCUT2D eigenvalue weighted by atomic mass is 9.87. The van der Waals surface area contributed by atoms with Crippen LogP contribution in [0, 0.1) is 6.92 Å². The zero-order valence-electron chi connectivity index (χ0n) is 13.4. The summed E-state index contributed by atoms with van der Waals surface area (Å²) >= 11 is 1.82. The molecule has 2 aromatic carbocycles. The Morgan fingerprint density at radius 1 is 0.952 bits per heavy atom. The fourth-order valence-corrected chi connectivity index (χ4v) is 3.24. The first-order valence-electron chi connectivity index (χ1n) is 7.48. The molecule has 0 amide bonds. The van der Waals surface area contributed by atoms with Crippen molar-refractivity contribution in [3.63, 3.8) is 0 Å². The van der Waals surface area contributed by atoms with Gasteiger partial charge in [-0.1, -0.05) is 50.7 Å². The first-order valence-corrected chi connectivity index (χ1v) is 8.30. The minimum absolute atomic E-state index is 0.212. The van der Waals surface area contributed by atoms with Gasteiger partial charge in [0.25, 0.3) is 0 Å². The quantitative estimate of drug-likeness (QED) is 0.865. The highest BCUT2D eigenvalue weighted by atomic mass is 32.2. The van der Waals surface area contributed by atoms with Crippen LogP contribution >= 0.6 is 11.8 Å². The van der Waals surface area contributed by atoms with E-state index >= 15 is 0 Å². The second-order valence-corrected chi connectivity index (χ2v) is 7.65. The molecule has 2 aromatic rings. The van der Waals surface area contributed by atoms with Crippen molar-refractivity contribution in [3.8, 4) is 0 Å². The highest BCUT2D eigenvalue weighted by Gasteiger charge is 2.13. The summed E-state index contributed by atoms with van der Waals surface area (Å²) in [5, 5.41) is 0. The molecule has 0 saturated carbocycles. The molecule has 2 heteroatoms. The number of hydrogen-bond acceptors (Lipinski definition) is 2. The first kappa shape index (κ1) is 16.1. The van der Waals surface area contributed by atoms with E-state index in [1.165, 1.54) is 26.5 Å². The van der Waals surface area contributed by atoms with E-state index in [2.05, 4.69) is 70.2 Å². The average Bonchev–Trinajstić information content (AvgIpc) is 2.42. The SMILES string of the molecule is Cc1cc(Sc2ccc(C(C)(C)C)cc2)ccc1CCN. The molecule has 0 aliphatic heterocycles. The summed E-state index contributed by atoms with van der Waals surface area (Å²) < 4.78 is 0. The molecule has 1 nitrogen and oxygen atoms in total. The maximum Gasteiger partial charge on any atom is 0.0125 e. The highest BCUT2D eigenvalue weighted by Crippen LogP contribution is 2.31. The Hall–Kier alpha value is -1.25.